The molecule has 1 aliphatic rings. The maximum Gasteiger partial charge on any atom is 0.268 e. The van der Waals surface area contributed by atoms with Crippen LogP contribution in [-0.4, -0.2) is 48.0 Å². The van der Waals surface area contributed by atoms with Crippen molar-refractivity contribution in [3.8, 4) is 0 Å². The van der Waals surface area contributed by atoms with Gasteiger partial charge in [0.25, 0.3) is 5.91 Å². The minimum absolute atomic E-state index is 0. The number of nitrogens with two attached hydrogens (primary N) is 1. The summed E-state index contributed by atoms with van der Waals surface area (Å²) in [5.74, 6) is -1.13. The molecule has 33 heavy (non-hydrogen) atoms. The van der Waals surface area contributed by atoms with Gasteiger partial charge in [0.05, 0.1) is 10.7 Å². The van der Waals surface area contributed by atoms with Crippen LogP contribution in [0.3, 0.4) is 0 Å². The number of carbonyl (C=O) groups is 2. The third-order valence-corrected chi connectivity index (χ3v) is 6.56. The van der Waals surface area contributed by atoms with E-state index in [2.05, 4.69) is 18.7 Å². The molecule has 8 heteroatoms. The number of aliphatic hydroxyl groups is 1. The Hall–Kier alpha value is -2.64. The largest absolute Gasteiger partial charge is 0.372 e. The zero-order valence-corrected chi connectivity index (χ0v) is 20.1. The Bertz CT molecular complexity index is 1210. The summed E-state index contributed by atoms with van der Waals surface area (Å²) < 4.78 is 0. The highest BCUT2D eigenvalue weighted by Gasteiger charge is 2.52. The van der Waals surface area contributed by atoms with Crippen LogP contribution in [0.2, 0.25) is 5.02 Å². The summed E-state index contributed by atoms with van der Waals surface area (Å²) in [6.45, 7) is 6.74. The summed E-state index contributed by atoms with van der Waals surface area (Å²) >= 11 is 6.56. The van der Waals surface area contributed by atoms with Crippen molar-refractivity contribution in [3.63, 3.8) is 0 Å². The van der Waals surface area contributed by atoms with Crippen LogP contribution < -0.4 is 10.6 Å². The van der Waals surface area contributed by atoms with Gasteiger partial charge in [-0.15, -0.1) is 12.4 Å². The standard InChI is InChI=1S/C25H26ClN3O3.ClH/c1-3-28(4-2)11-12-29-21-15-18(23(27)30)14-20(26)22(21)25(32,24(29)31)19-10-9-16-7-5-6-8-17(16)13-19;/h5-10,13-15,32H,3-4,11-12H2,1-2H3,(H2,27,30);1H. The van der Waals surface area contributed by atoms with Gasteiger partial charge in [0.15, 0.2) is 5.60 Å². The number of amides is 2. The molecule has 6 nitrogen and oxygen atoms in total. The maximum atomic E-state index is 13.7. The predicted molar refractivity (Wildman–Crippen MR) is 134 cm³/mol. The van der Waals surface area contributed by atoms with Gasteiger partial charge in [-0.05, 0) is 47.6 Å². The smallest absolute Gasteiger partial charge is 0.268 e. The highest BCUT2D eigenvalue weighted by molar-refractivity contribution is 6.34. The van der Waals surface area contributed by atoms with Gasteiger partial charge in [-0.2, -0.15) is 0 Å². The monoisotopic (exact) mass is 487 g/mol. The summed E-state index contributed by atoms with van der Waals surface area (Å²) in [6, 6.07) is 16.1. The first-order chi connectivity index (χ1) is 15.3. The minimum atomic E-state index is -1.96. The zero-order chi connectivity index (χ0) is 23.0. The molecule has 0 saturated carbocycles. The lowest BCUT2D eigenvalue weighted by molar-refractivity contribution is -0.132. The molecule has 2 amide bonds. The Kier molecular flexibility index (Phi) is 7.34. The number of hydrogen-bond donors (Lipinski definition) is 2. The fraction of sp³-hybridized carbons (Fsp3) is 0.280. The summed E-state index contributed by atoms with van der Waals surface area (Å²) in [5.41, 5.74) is 4.85. The van der Waals surface area contributed by atoms with Crippen LogP contribution in [0.4, 0.5) is 5.69 Å². The van der Waals surface area contributed by atoms with E-state index in [1.165, 1.54) is 11.0 Å². The average molecular weight is 488 g/mol. The minimum Gasteiger partial charge on any atom is -0.372 e. The first kappa shape index (κ1) is 25.0. The lowest BCUT2D eigenvalue weighted by atomic mass is 9.86. The van der Waals surface area contributed by atoms with E-state index < -0.39 is 17.4 Å². The second-order valence-electron chi connectivity index (χ2n) is 7.97. The molecular formula is C25H27Cl2N3O3. The topological polar surface area (TPSA) is 86.9 Å². The molecular weight excluding hydrogens is 461 g/mol. The Morgan fingerprint density at radius 1 is 1.09 bits per heavy atom. The van der Waals surface area contributed by atoms with Gasteiger partial charge >= 0.3 is 0 Å². The molecule has 4 rings (SSSR count). The third-order valence-electron chi connectivity index (χ3n) is 6.26. The normalized spacial score (nSPS) is 17.4. The number of carbonyl (C=O) groups excluding carboxylic acids is 2. The number of anilines is 1. The van der Waals surface area contributed by atoms with Gasteiger partial charge < -0.3 is 20.6 Å². The Balaban J connectivity index is 0.00000306. The van der Waals surface area contributed by atoms with Gasteiger partial charge in [0, 0.05) is 24.2 Å². The third kappa shape index (κ3) is 4.20. The van der Waals surface area contributed by atoms with E-state index in [1.807, 2.05) is 36.4 Å². The van der Waals surface area contributed by atoms with Gasteiger partial charge in [-0.1, -0.05) is 61.8 Å². The Labute approximate surface area is 204 Å². The van der Waals surface area contributed by atoms with Crippen LogP contribution in [0.25, 0.3) is 10.8 Å². The molecule has 1 aliphatic heterocycles. The van der Waals surface area contributed by atoms with Gasteiger partial charge in [-0.25, -0.2) is 0 Å². The number of benzene rings is 3. The number of nitrogens with zero attached hydrogens (tertiary/aromatic N) is 2. The summed E-state index contributed by atoms with van der Waals surface area (Å²) in [5, 5.41) is 13.9. The van der Waals surface area contributed by atoms with Crippen molar-refractivity contribution in [2.75, 3.05) is 31.1 Å². The van der Waals surface area contributed by atoms with Crippen molar-refractivity contribution in [3.05, 3.63) is 76.3 Å². The molecule has 3 aromatic rings. The quantitative estimate of drug-likeness (QED) is 0.528. The molecule has 0 bridgehead atoms. The lowest BCUT2D eigenvalue weighted by Crippen LogP contribution is -2.44. The molecule has 0 saturated heterocycles. The fourth-order valence-electron chi connectivity index (χ4n) is 4.40. The number of hydrogen-bond acceptors (Lipinski definition) is 4. The second kappa shape index (κ2) is 9.69. The van der Waals surface area contributed by atoms with E-state index in [1.54, 1.807) is 12.1 Å². The maximum absolute atomic E-state index is 13.7. The van der Waals surface area contributed by atoms with E-state index in [4.69, 9.17) is 17.3 Å². The molecule has 0 aromatic heterocycles. The highest BCUT2D eigenvalue weighted by Crippen LogP contribution is 2.48. The number of halogens is 2. The SMILES string of the molecule is CCN(CC)CCN1C(=O)C(O)(c2ccc3ccccc3c2)c2c(Cl)cc(C(N)=O)cc21.Cl. The number of likely N-dealkylation sites (N-methyl/N-ethyl adjacent to an activating group) is 1. The predicted octanol–water partition coefficient (Wildman–Crippen LogP) is 3.94. The Morgan fingerprint density at radius 3 is 2.39 bits per heavy atom. The summed E-state index contributed by atoms with van der Waals surface area (Å²) in [7, 11) is 0. The van der Waals surface area contributed by atoms with Crippen molar-refractivity contribution in [1.82, 2.24) is 4.90 Å². The van der Waals surface area contributed by atoms with Gasteiger partial charge in [0.1, 0.15) is 0 Å². The van der Waals surface area contributed by atoms with E-state index in [-0.39, 0.29) is 28.6 Å². The molecule has 0 fully saturated rings. The first-order valence-electron chi connectivity index (χ1n) is 10.7. The van der Waals surface area contributed by atoms with Crippen molar-refractivity contribution in [2.45, 2.75) is 19.4 Å². The molecule has 0 aliphatic carbocycles. The number of rotatable bonds is 7. The fourth-order valence-corrected chi connectivity index (χ4v) is 4.75. The first-order valence-corrected chi connectivity index (χ1v) is 11.1. The average Bonchev–Trinajstić information content (AvgIpc) is 3.02. The van der Waals surface area contributed by atoms with E-state index in [0.29, 0.717) is 24.3 Å². The van der Waals surface area contributed by atoms with E-state index in [9.17, 15) is 14.7 Å². The molecule has 174 valence electrons. The van der Waals surface area contributed by atoms with Crippen molar-refractivity contribution in [1.29, 1.82) is 0 Å². The molecule has 1 heterocycles. The van der Waals surface area contributed by atoms with E-state index >= 15 is 0 Å². The molecule has 1 unspecified atom stereocenters. The van der Waals surface area contributed by atoms with Crippen LogP contribution in [-0.2, 0) is 10.4 Å². The lowest BCUT2D eigenvalue weighted by Gasteiger charge is -2.26. The molecule has 0 spiro atoms. The summed E-state index contributed by atoms with van der Waals surface area (Å²) in [6.07, 6.45) is 0. The Morgan fingerprint density at radius 2 is 1.76 bits per heavy atom. The second-order valence-corrected chi connectivity index (χ2v) is 8.38. The van der Waals surface area contributed by atoms with Crippen LogP contribution in [0, 0.1) is 0 Å². The van der Waals surface area contributed by atoms with Crippen molar-refractivity contribution < 1.29 is 14.7 Å². The summed E-state index contributed by atoms with van der Waals surface area (Å²) in [4.78, 5) is 29.3. The van der Waals surface area contributed by atoms with Crippen molar-refractivity contribution in [2.24, 2.45) is 5.73 Å². The number of fused-ring (bicyclic) bond motifs is 2. The van der Waals surface area contributed by atoms with Crippen LogP contribution in [0.5, 0.6) is 0 Å². The zero-order valence-electron chi connectivity index (χ0n) is 18.5. The number of primary amides is 1. The van der Waals surface area contributed by atoms with Crippen LogP contribution >= 0.6 is 24.0 Å². The van der Waals surface area contributed by atoms with Crippen LogP contribution in [0.1, 0.15) is 35.3 Å². The molecule has 1 atom stereocenters. The van der Waals surface area contributed by atoms with Gasteiger partial charge in [-0.3, -0.25) is 9.59 Å². The van der Waals surface area contributed by atoms with Crippen molar-refractivity contribution >= 4 is 52.3 Å². The molecule has 3 aromatic carbocycles. The molecule has 3 N–H and O–H groups in total. The highest BCUT2D eigenvalue weighted by atomic mass is 35.5. The van der Waals surface area contributed by atoms with Crippen LogP contribution in [0.15, 0.2) is 54.6 Å². The van der Waals surface area contributed by atoms with E-state index in [0.717, 1.165) is 23.9 Å². The molecule has 0 radical (unpaired) electrons. The van der Waals surface area contributed by atoms with Gasteiger partial charge in [0.2, 0.25) is 5.91 Å².